The molecule has 0 saturated carbocycles. The van der Waals surface area contributed by atoms with Crippen LogP contribution in [0.2, 0.25) is 0 Å². The molecule has 10 nitrogen and oxygen atoms in total. The van der Waals surface area contributed by atoms with E-state index in [0.717, 1.165) is 0 Å². The van der Waals surface area contributed by atoms with Gasteiger partial charge in [-0.2, -0.15) is 0 Å². The van der Waals surface area contributed by atoms with Crippen LogP contribution in [0.4, 0.5) is 0 Å². The molecule has 0 aliphatic heterocycles. The first-order valence-electron chi connectivity index (χ1n) is 13.8. The van der Waals surface area contributed by atoms with Gasteiger partial charge in [0.15, 0.2) is 17.0 Å². The number of nitrogens with zero attached hydrogens (tertiary/aromatic N) is 5. The molecular weight excluding hydrogens is 546 g/mol. The number of pyridine rings is 1. The van der Waals surface area contributed by atoms with E-state index < -0.39 is 11.9 Å². The van der Waals surface area contributed by atoms with E-state index in [4.69, 9.17) is 24.3 Å². The van der Waals surface area contributed by atoms with E-state index in [0.29, 0.717) is 56.1 Å². The molecule has 3 heterocycles. The van der Waals surface area contributed by atoms with Gasteiger partial charge in [-0.25, -0.2) is 19.1 Å². The first-order valence-corrected chi connectivity index (χ1v) is 13.8. The van der Waals surface area contributed by atoms with E-state index in [-0.39, 0.29) is 24.5 Å². The molecule has 3 aromatic carbocycles. The molecule has 0 aliphatic rings. The van der Waals surface area contributed by atoms with Crippen molar-refractivity contribution in [3.63, 3.8) is 0 Å². The van der Waals surface area contributed by atoms with Crippen LogP contribution in [-0.4, -0.2) is 57.1 Å². The van der Waals surface area contributed by atoms with Gasteiger partial charge in [0.05, 0.1) is 37.0 Å². The Labute approximate surface area is 246 Å². The zero-order chi connectivity index (χ0) is 29.9. The highest BCUT2D eigenvalue weighted by Gasteiger charge is 2.30. The second kappa shape index (κ2) is 11.7. The van der Waals surface area contributed by atoms with Gasteiger partial charge in [0.2, 0.25) is 0 Å². The first-order chi connectivity index (χ1) is 21.0. The number of ether oxygens (including phenoxy) is 3. The number of rotatable bonds is 8. The number of carbonyl (C=O) groups is 2. The fraction of sp³-hybridized carbons (Fsp3) is 0.152. The maximum Gasteiger partial charge on any atom is 0.361 e. The first kappa shape index (κ1) is 27.5. The molecule has 0 radical (unpaired) electrons. The largest absolute Gasteiger partial charge is 0.497 e. The molecular formula is C33H27N5O5. The summed E-state index contributed by atoms with van der Waals surface area (Å²) in [7, 11) is 1.59. The monoisotopic (exact) mass is 573 g/mol. The normalized spacial score (nSPS) is 11.0. The van der Waals surface area contributed by atoms with Crippen LogP contribution in [0.25, 0.3) is 50.3 Å². The lowest BCUT2D eigenvalue weighted by Crippen LogP contribution is -2.14. The van der Waals surface area contributed by atoms with Crippen molar-refractivity contribution >= 4 is 28.6 Å². The van der Waals surface area contributed by atoms with E-state index in [1.807, 2.05) is 84.9 Å². The highest BCUT2D eigenvalue weighted by atomic mass is 16.5. The van der Waals surface area contributed by atoms with Gasteiger partial charge in [-0.05, 0) is 31.5 Å². The molecule has 0 spiro atoms. The zero-order valence-electron chi connectivity index (χ0n) is 23.8. The number of fused-ring (bicyclic) bond motifs is 3. The lowest BCUT2D eigenvalue weighted by molar-refractivity contribution is 0.0512. The van der Waals surface area contributed by atoms with Gasteiger partial charge >= 0.3 is 11.9 Å². The molecule has 0 amide bonds. The summed E-state index contributed by atoms with van der Waals surface area (Å²) in [5.41, 5.74) is 4.29. The lowest BCUT2D eigenvalue weighted by Gasteiger charge is -2.15. The van der Waals surface area contributed by atoms with E-state index in [9.17, 15) is 9.59 Å². The third-order valence-electron chi connectivity index (χ3n) is 6.90. The summed E-state index contributed by atoms with van der Waals surface area (Å²) in [4.78, 5) is 31.7. The van der Waals surface area contributed by atoms with Crippen molar-refractivity contribution in [3.05, 3.63) is 96.2 Å². The average molecular weight is 574 g/mol. The third kappa shape index (κ3) is 4.93. The van der Waals surface area contributed by atoms with Crippen LogP contribution in [0.1, 0.15) is 34.7 Å². The number of hydrogen-bond acceptors (Lipinski definition) is 9. The topological polar surface area (TPSA) is 118 Å². The Balaban J connectivity index is 1.79. The Kier molecular flexibility index (Phi) is 7.48. The van der Waals surface area contributed by atoms with Crippen LogP contribution in [-0.2, 0) is 9.47 Å². The number of aromatic nitrogens is 5. The fourth-order valence-corrected chi connectivity index (χ4v) is 5.04. The van der Waals surface area contributed by atoms with Crippen LogP contribution in [0.5, 0.6) is 5.75 Å². The van der Waals surface area contributed by atoms with Gasteiger partial charge in [-0.15, -0.1) is 15.3 Å². The quantitative estimate of drug-likeness (QED) is 0.201. The Morgan fingerprint density at radius 1 is 0.744 bits per heavy atom. The van der Waals surface area contributed by atoms with Crippen LogP contribution >= 0.6 is 0 Å². The number of methoxy groups -OCH3 is 1. The molecule has 0 aliphatic carbocycles. The molecule has 3 aromatic heterocycles. The average Bonchev–Trinajstić information content (AvgIpc) is 3.43. The maximum absolute atomic E-state index is 13.8. The SMILES string of the molecule is CCOC(=O)c1nnc2c3c(-c4ccc(OC)cc4)c(C(=O)OCC)c(-c4ccccc4)nc3nn2c1-c1ccccc1. The van der Waals surface area contributed by atoms with E-state index in [1.54, 1.807) is 25.5 Å². The van der Waals surface area contributed by atoms with E-state index >= 15 is 0 Å². The van der Waals surface area contributed by atoms with Crippen molar-refractivity contribution in [1.82, 2.24) is 24.8 Å². The standard InChI is InChI=1S/C33H27N5O5/c1-4-42-32(39)25-24(20-16-18-23(41-3)19-17-20)26-30(34-27(25)21-12-8-6-9-13-21)37-38-29(22-14-10-7-11-15-22)28(33(40)43-5-2)35-36-31(26)38/h6-19H,4-5H2,1-3H3. The lowest BCUT2D eigenvalue weighted by atomic mass is 9.93. The minimum absolute atomic E-state index is 0.00764. The molecule has 0 fully saturated rings. The summed E-state index contributed by atoms with van der Waals surface area (Å²) in [5, 5.41) is 14.1. The second-order valence-electron chi connectivity index (χ2n) is 9.44. The van der Waals surface area contributed by atoms with Crippen molar-refractivity contribution < 1.29 is 23.8 Å². The van der Waals surface area contributed by atoms with Crippen molar-refractivity contribution in [2.24, 2.45) is 0 Å². The number of benzene rings is 3. The molecule has 6 rings (SSSR count). The number of carbonyl (C=O) groups excluding carboxylic acids is 2. The molecule has 10 heteroatoms. The summed E-state index contributed by atoms with van der Waals surface area (Å²) in [6, 6.07) is 26.0. The second-order valence-corrected chi connectivity index (χ2v) is 9.44. The van der Waals surface area contributed by atoms with Gasteiger partial charge in [-0.1, -0.05) is 72.8 Å². The molecule has 0 atom stereocenters. The Morgan fingerprint density at radius 3 is 2.00 bits per heavy atom. The predicted octanol–water partition coefficient (Wildman–Crippen LogP) is 6.04. The zero-order valence-corrected chi connectivity index (χ0v) is 23.8. The van der Waals surface area contributed by atoms with Gasteiger partial charge in [-0.3, -0.25) is 0 Å². The molecule has 6 aromatic rings. The van der Waals surface area contributed by atoms with Crippen LogP contribution in [0, 0.1) is 0 Å². The summed E-state index contributed by atoms with van der Waals surface area (Å²) < 4.78 is 17.8. The van der Waals surface area contributed by atoms with Crippen LogP contribution in [0.3, 0.4) is 0 Å². The van der Waals surface area contributed by atoms with Crippen LogP contribution < -0.4 is 4.74 Å². The molecule has 0 saturated heterocycles. The number of esters is 2. The predicted molar refractivity (Wildman–Crippen MR) is 161 cm³/mol. The fourth-order valence-electron chi connectivity index (χ4n) is 5.04. The molecule has 0 N–H and O–H groups in total. The van der Waals surface area contributed by atoms with Crippen molar-refractivity contribution in [3.8, 4) is 39.4 Å². The Bertz CT molecular complexity index is 1960. The molecule has 43 heavy (non-hydrogen) atoms. The highest BCUT2D eigenvalue weighted by molar-refractivity contribution is 6.14. The van der Waals surface area contributed by atoms with Crippen LogP contribution in [0.15, 0.2) is 84.9 Å². The van der Waals surface area contributed by atoms with Crippen molar-refractivity contribution in [1.29, 1.82) is 0 Å². The summed E-state index contributed by atoms with van der Waals surface area (Å²) in [6.45, 7) is 3.81. The molecule has 0 bridgehead atoms. The Morgan fingerprint density at radius 2 is 1.37 bits per heavy atom. The van der Waals surface area contributed by atoms with E-state index in [2.05, 4.69) is 10.2 Å². The number of hydrogen-bond donors (Lipinski definition) is 0. The van der Waals surface area contributed by atoms with Gasteiger partial charge in [0.25, 0.3) is 0 Å². The minimum Gasteiger partial charge on any atom is -0.497 e. The van der Waals surface area contributed by atoms with Crippen molar-refractivity contribution in [2.75, 3.05) is 20.3 Å². The summed E-state index contributed by atoms with van der Waals surface area (Å²) >= 11 is 0. The highest BCUT2D eigenvalue weighted by Crippen LogP contribution is 2.40. The maximum atomic E-state index is 13.8. The smallest absolute Gasteiger partial charge is 0.361 e. The summed E-state index contributed by atoms with van der Waals surface area (Å²) in [5.74, 6) is -0.517. The van der Waals surface area contributed by atoms with Gasteiger partial charge in [0, 0.05) is 16.7 Å². The summed E-state index contributed by atoms with van der Waals surface area (Å²) in [6.07, 6.45) is 0. The Hall–Kier alpha value is -5.64. The molecule has 0 unspecified atom stereocenters. The third-order valence-corrected chi connectivity index (χ3v) is 6.90. The van der Waals surface area contributed by atoms with Gasteiger partial charge < -0.3 is 14.2 Å². The molecule has 214 valence electrons. The van der Waals surface area contributed by atoms with Crippen molar-refractivity contribution in [2.45, 2.75) is 13.8 Å². The van der Waals surface area contributed by atoms with Gasteiger partial charge in [0.1, 0.15) is 11.4 Å². The van der Waals surface area contributed by atoms with E-state index in [1.165, 1.54) is 0 Å². The minimum atomic E-state index is -0.629.